The Morgan fingerprint density at radius 1 is 1.19 bits per heavy atom. The molecule has 0 unspecified atom stereocenters. The van der Waals surface area contributed by atoms with E-state index in [9.17, 15) is 0 Å². The largest absolute Gasteiger partial charge is 0.381 e. The van der Waals surface area contributed by atoms with Gasteiger partial charge in [0.2, 0.25) is 0 Å². The molecule has 2 heteroatoms. The van der Waals surface area contributed by atoms with E-state index in [1.807, 2.05) is 6.08 Å². The summed E-state index contributed by atoms with van der Waals surface area (Å²) in [6.07, 6.45) is 9.17. The molecule has 1 N–H and O–H groups in total. The molecule has 1 aromatic carbocycles. The Morgan fingerprint density at radius 3 is 2.94 bits per heavy atom. The molecule has 1 aromatic rings. The fourth-order valence-electron chi connectivity index (χ4n) is 2.26. The summed E-state index contributed by atoms with van der Waals surface area (Å²) >= 11 is 5.58. The molecule has 0 saturated heterocycles. The molecule has 1 aliphatic carbocycles. The van der Waals surface area contributed by atoms with Crippen LogP contribution in [0.1, 0.15) is 24.0 Å². The summed E-state index contributed by atoms with van der Waals surface area (Å²) in [4.78, 5) is 0. The Bertz CT molecular complexity index is 371. The lowest BCUT2D eigenvalue weighted by Gasteiger charge is -2.19. The lowest BCUT2D eigenvalue weighted by Crippen LogP contribution is -2.08. The van der Waals surface area contributed by atoms with E-state index in [2.05, 4.69) is 29.6 Å². The third kappa shape index (κ3) is 2.79. The van der Waals surface area contributed by atoms with Crippen LogP contribution in [0.3, 0.4) is 0 Å². The molecule has 0 aromatic heterocycles. The van der Waals surface area contributed by atoms with Crippen LogP contribution in [-0.2, 0) is 12.8 Å². The molecule has 0 aliphatic heterocycles. The number of halogens is 1. The normalized spacial score (nSPS) is 15.1. The highest BCUT2D eigenvalue weighted by Gasteiger charge is 2.11. The van der Waals surface area contributed by atoms with Crippen LogP contribution >= 0.6 is 11.6 Å². The quantitative estimate of drug-likeness (QED) is 0.619. The second-order valence-electron chi connectivity index (χ2n) is 4.16. The molecular weight excluding hydrogens is 218 g/mol. The molecule has 0 heterocycles. The van der Waals surface area contributed by atoms with Crippen LogP contribution < -0.4 is 5.32 Å². The third-order valence-electron chi connectivity index (χ3n) is 3.06. The molecule has 86 valence electrons. The van der Waals surface area contributed by atoms with Gasteiger partial charge in [0.1, 0.15) is 0 Å². The van der Waals surface area contributed by atoms with Gasteiger partial charge in [-0.15, -0.1) is 11.6 Å². The number of benzene rings is 1. The highest BCUT2D eigenvalue weighted by Crippen LogP contribution is 2.27. The molecule has 0 bridgehead atoms. The highest BCUT2D eigenvalue weighted by molar-refractivity contribution is 6.18. The molecule has 0 radical (unpaired) electrons. The van der Waals surface area contributed by atoms with Crippen molar-refractivity contribution in [2.45, 2.75) is 25.7 Å². The van der Waals surface area contributed by atoms with Crippen molar-refractivity contribution in [2.24, 2.45) is 0 Å². The van der Waals surface area contributed by atoms with Gasteiger partial charge < -0.3 is 5.32 Å². The Labute approximate surface area is 103 Å². The van der Waals surface area contributed by atoms with Crippen molar-refractivity contribution >= 4 is 17.3 Å². The zero-order valence-corrected chi connectivity index (χ0v) is 10.3. The molecule has 0 atom stereocenters. The van der Waals surface area contributed by atoms with Gasteiger partial charge in [0.25, 0.3) is 0 Å². The second kappa shape index (κ2) is 5.95. The molecular formula is C14H18ClN. The lowest BCUT2D eigenvalue weighted by atomic mass is 9.90. The van der Waals surface area contributed by atoms with Crippen molar-refractivity contribution in [3.63, 3.8) is 0 Å². The number of anilines is 1. The minimum atomic E-state index is 0.592. The van der Waals surface area contributed by atoms with E-state index in [1.54, 1.807) is 0 Å². The number of hydrogen-bond acceptors (Lipinski definition) is 1. The number of fused-ring (bicyclic) bond motifs is 1. The van der Waals surface area contributed by atoms with Crippen LogP contribution in [0.5, 0.6) is 0 Å². The van der Waals surface area contributed by atoms with Crippen LogP contribution in [0.4, 0.5) is 5.69 Å². The van der Waals surface area contributed by atoms with Crippen molar-refractivity contribution in [1.29, 1.82) is 0 Å². The van der Waals surface area contributed by atoms with Gasteiger partial charge in [0, 0.05) is 18.1 Å². The number of aryl methyl sites for hydroxylation is 1. The Morgan fingerprint density at radius 2 is 2.06 bits per heavy atom. The molecule has 1 nitrogen and oxygen atoms in total. The van der Waals surface area contributed by atoms with Gasteiger partial charge in [-0.3, -0.25) is 0 Å². The van der Waals surface area contributed by atoms with Crippen molar-refractivity contribution in [1.82, 2.24) is 0 Å². The minimum absolute atomic E-state index is 0.592. The van der Waals surface area contributed by atoms with Crippen molar-refractivity contribution in [3.05, 3.63) is 41.5 Å². The predicted molar refractivity (Wildman–Crippen MR) is 71.4 cm³/mol. The van der Waals surface area contributed by atoms with Crippen LogP contribution in [0, 0.1) is 0 Å². The van der Waals surface area contributed by atoms with Crippen LogP contribution in [0.15, 0.2) is 30.4 Å². The zero-order chi connectivity index (χ0) is 11.2. The van der Waals surface area contributed by atoms with Crippen molar-refractivity contribution in [2.75, 3.05) is 17.7 Å². The fraction of sp³-hybridized carbons (Fsp3) is 0.429. The Hall–Kier alpha value is -0.950. The molecule has 0 saturated carbocycles. The van der Waals surface area contributed by atoms with Gasteiger partial charge in [-0.25, -0.2) is 0 Å². The summed E-state index contributed by atoms with van der Waals surface area (Å²) < 4.78 is 0. The number of allylic oxidation sites excluding steroid dienone is 1. The molecule has 2 rings (SSSR count). The Balaban J connectivity index is 2.06. The summed E-state index contributed by atoms with van der Waals surface area (Å²) in [5.41, 5.74) is 4.35. The van der Waals surface area contributed by atoms with E-state index in [0.717, 1.165) is 6.54 Å². The van der Waals surface area contributed by atoms with Gasteiger partial charge in [-0.05, 0) is 42.9 Å². The van der Waals surface area contributed by atoms with E-state index in [4.69, 9.17) is 11.6 Å². The molecule has 16 heavy (non-hydrogen) atoms. The summed E-state index contributed by atoms with van der Waals surface area (Å²) in [5, 5.41) is 3.46. The van der Waals surface area contributed by atoms with Crippen LogP contribution in [0.25, 0.3) is 0 Å². The van der Waals surface area contributed by atoms with Crippen LogP contribution in [-0.4, -0.2) is 12.4 Å². The van der Waals surface area contributed by atoms with Gasteiger partial charge in [0.15, 0.2) is 0 Å². The molecule has 0 spiro atoms. The number of nitrogens with one attached hydrogen (secondary N) is 1. The molecule has 0 amide bonds. The van der Waals surface area contributed by atoms with Gasteiger partial charge in [-0.2, -0.15) is 0 Å². The van der Waals surface area contributed by atoms with E-state index in [-0.39, 0.29) is 0 Å². The van der Waals surface area contributed by atoms with Gasteiger partial charge >= 0.3 is 0 Å². The minimum Gasteiger partial charge on any atom is -0.381 e. The zero-order valence-electron chi connectivity index (χ0n) is 9.51. The summed E-state index contributed by atoms with van der Waals surface area (Å²) in [6, 6.07) is 6.59. The van der Waals surface area contributed by atoms with Crippen molar-refractivity contribution in [3.8, 4) is 0 Å². The molecule has 0 fully saturated rings. The lowest BCUT2D eigenvalue weighted by molar-refractivity contribution is 0.686. The first-order chi connectivity index (χ1) is 7.92. The smallest absolute Gasteiger partial charge is 0.0404 e. The first-order valence-corrected chi connectivity index (χ1v) is 6.51. The van der Waals surface area contributed by atoms with E-state index in [0.29, 0.717) is 5.88 Å². The average molecular weight is 236 g/mol. The molecule has 1 aliphatic rings. The number of rotatable bonds is 4. The maximum absolute atomic E-state index is 5.58. The highest BCUT2D eigenvalue weighted by atomic mass is 35.5. The summed E-state index contributed by atoms with van der Waals surface area (Å²) in [5.74, 6) is 0.592. The first-order valence-electron chi connectivity index (χ1n) is 5.97. The van der Waals surface area contributed by atoms with Crippen molar-refractivity contribution < 1.29 is 0 Å². The number of alkyl halides is 1. The topological polar surface area (TPSA) is 12.0 Å². The monoisotopic (exact) mass is 235 g/mol. The second-order valence-corrected chi connectivity index (χ2v) is 4.47. The van der Waals surface area contributed by atoms with Gasteiger partial charge in [-0.1, -0.05) is 24.3 Å². The van der Waals surface area contributed by atoms with E-state index >= 15 is 0 Å². The summed E-state index contributed by atoms with van der Waals surface area (Å²) in [6.45, 7) is 0.864. The van der Waals surface area contributed by atoms with E-state index < -0.39 is 0 Å². The summed E-state index contributed by atoms with van der Waals surface area (Å²) in [7, 11) is 0. The first kappa shape index (κ1) is 11.5. The predicted octanol–water partition coefficient (Wildman–Crippen LogP) is 3.77. The average Bonchev–Trinajstić information content (AvgIpc) is 2.35. The SMILES string of the molecule is ClC/C=C/CNc1cccc2c1CCCC2. The Kier molecular flexibility index (Phi) is 4.29. The van der Waals surface area contributed by atoms with Gasteiger partial charge in [0.05, 0.1) is 0 Å². The van der Waals surface area contributed by atoms with Crippen LogP contribution in [0.2, 0.25) is 0 Å². The maximum atomic E-state index is 5.58. The number of hydrogen-bond donors (Lipinski definition) is 1. The maximum Gasteiger partial charge on any atom is 0.0404 e. The third-order valence-corrected chi connectivity index (χ3v) is 3.24. The van der Waals surface area contributed by atoms with E-state index in [1.165, 1.54) is 42.5 Å². The fourth-order valence-corrected chi connectivity index (χ4v) is 2.39. The standard InChI is InChI=1S/C14H18ClN/c15-10-3-4-11-16-14-9-5-7-12-6-1-2-8-13(12)14/h3-5,7,9,16H,1-2,6,8,10-11H2/b4-3+.